The lowest BCUT2D eigenvalue weighted by molar-refractivity contribution is -0.120. The molecule has 0 radical (unpaired) electrons. The molecule has 4 atom stereocenters. The van der Waals surface area contributed by atoms with E-state index >= 15 is 0 Å². The van der Waals surface area contributed by atoms with Crippen molar-refractivity contribution in [2.24, 2.45) is 5.73 Å². The van der Waals surface area contributed by atoms with Crippen molar-refractivity contribution in [1.82, 2.24) is 20.8 Å². The number of aliphatic hydroxyl groups is 2. The van der Waals surface area contributed by atoms with Crippen LogP contribution in [0.2, 0.25) is 0 Å². The van der Waals surface area contributed by atoms with Crippen molar-refractivity contribution >= 4 is 11.8 Å². The highest BCUT2D eigenvalue weighted by molar-refractivity contribution is 5.87. The molecular formula is C12H21N5O5. The summed E-state index contributed by atoms with van der Waals surface area (Å²) in [5.41, 5.74) is 5.53. The minimum absolute atomic E-state index is 0.0529. The molecule has 1 aromatic heterocycles. The summed E-state index contributed by atoms with van der Waals surface area (Å²) in [5, 5.41) is 30.6. The van der Waals surface area contributed by atoms with E-state index < -0.39 is 30.3 Å². The number of urea groups is 1. The highest BCUT2D eigenvalue weighted by atomic mass is 16.4. The van der Waals surface area contributed by atoms with Gasteiger partial charge in [0.2, 0.25) is 11.8 Å². The first-order chi connectivity index (χ1) is 10.3. The lowest BCUT2D eigenvalue weighted by Crippen LogP contribution is -2.50. The molecule has 0 aromatic carbocycles. The predicted molar refractivity (Wildman–Crippen MR) is 74.5 cm³/mol. The van der Waals surface area contributed by atoms with Gasteiger partial charge in [-0.05, 0) is 20.8 Å². The number of rotatable bonds is 7. The molecule has 0 spiro atoms. The molecule has 124 valence electrons. The third kappa shape index (κ3) is 4.76. The van der Waals surface area contributed by atoms with Gasteiger partial charge >= 0.3 is 6.03 Å². The Kier molecular flexibility index (Phi) is 6.40. The average Bonchev–Trinajstić information content (AvgIpc) is 2.93. The Morgan fingerprint density at radius 3 is 2.36 bits per heavy atom. The zero-order chi connectivity index (χ0) is 16.9. The monoisotopic (exact) mass is 315 g/mol. The van der Waals surface area contributed by atoms with Gasteiger partial charge in [0.25, 0.3) is 0 Å². The molecule has 0 fully saturated rings. The molecule has 1 rings (SSSR count). The molecule has 1 unspecified atom stereocenters. The van der Waals surface area contributed by atoms with Crippen LogP contribution in [0.4, 0.5) is 4.79 Å². The predicted octanol–water partition coefficient (Wildman–Crippen LogP) is -1.24. The second-order valence-electron chi connectivity index (χ2n) is 4.94. The fourth-order valence-electron chi connectivity index (χ4n) is 1.65. The molecule has 10 heteroatoms. The Bertz CT molecular complexity index is 518. The van der Waals surface area contributed by atoms with Crippen LogP contribution in [0.25, 0.3) is 0 Å². The number of ketones is 1. The molecule has 6 N–H and O–H groups in total. The van der Waals surface area contributed by atoms with Gasteiger partial charge in [-0.25, -0.2) is 4.79 Å². The molecule has 10 nitrogen and oxygen atoms in total. The van der Waals surface area contributed by atoms with Crippen LogP contribution in [0.5, 0.6) is 0 Å². The summed E-state index contributed by atoms with van der Waals surface area (Å²) >= 11 is 0. The molecule has 0 saturated heterocycles. The minimum Gasteiger partial charge on any atom is -0.421 e. The quantitative estimate of drug-likeness (QED) is 0.417. The van der Waals surface area contributed by atoms with Crippen molar-refractivity contribution in [2.45, 2.75) is 45.0 Å². The van der Waals surface area contributed by atoms with Crippen molar-refractivity contribution in [3.05, 3.63) is 11.8 Å². The van der Waals surface area contributed by atoms with Crippen LogP contribution < -0.4 is 16.4 Å². The van der Waals surface area contributed by atoms with Crippen LogP contribution in [-0.2, 0) is 4.79 Å². The van der Waals surface area contributed by atoms with Gasteiger partial charge in [0.1, 0.15) is 18.1 Å². The Labute approximate surface area is 127 Å². The van der Waals surface area contributed by atoms with E-state index in [-0.39, 0.29) is 24.2 Å². The first-order valence-corrected chi connectivity index (χ1v) is 6.71. The van der Waals surface area contributed by atoms with Crippen molar-refractivity contribution < 1.29 is 24.2 Å². The zero-order valence-corrected chi connectivity index (χ0v) is 12.6. The smallest absolute Gasteiger partial charge is 0.316 e. The van der Waals surface area contributed by atoms with E-state index in [2.05, 4.69) is 20.8 Å². The Balaban J connectivity index is 2.64. The molecule has 0 bridgehead atoms. The van der Waals surface area contributed by atoms with Gasteiger partial charge in [-0.3, -0.25) is 4.79 Å². The average molecular weight is 315 g/mol. The van der Waals surface area contributed by atoms with Gasteiger partial charge in [-0.2, -0.15) is 0 Å². The number of nitrogens with zero attached hydrogens (tertiary/aromatic N) is 2. The first kappa shape index (κ1) is 18.0. The standard InChI is InChI=1S/C12H21N5O5/c1-5(10-16-17-11(22-10)8(13)4-18)14-12(21)15-9(6(2)19)7(3)20/h5-6,8-9,18-19H,4,13H2,1-3H3,(H2,14,15,21)/t5-,6?,8-,9-/m0/s1. The molecule has 1 heterocycles. The SMILES string of the molecule is CC(=O)[C@@H](NC(=O)N[C@@H](C)c1nnc([C@@H](N)CO)o1)C(C)O. The molecule has 0 aliphatic heterocycles. The number of aromatic nitrogens is 2. The van der Waals surface area contributed by atoms with E-state index in [1.807, 2.05) is 0 Å². The second-order valence-corrected chi connectivity index (χ2v) is 4.94. The van der Waals surface area contributed by atoms with Crippen molar-refractivity contribution in [2.75, 3.05) is 6.61 Å². The summed E-state index contributed by atoms with van der Waals surface area (Å²) in [6.07, 6.45) is -1.02. The number of carbonyl (C=O) groups excluding carboxylic acids is 2. The van der Waals surface area contributed by atoms with Gasteiger partial charge < -0.3 is 31.0 Å². The third-order valence-corrected chi connectivity index (χ3v) is 2.90. The zero-order valence-electron chi connectivity index (χ0n) is 12.6. The maximum absolute atomic E-state index is 11.8. The Morgan fingerprint density at radius 2 is 1.86 bits per heavy atom. The van der Waals surface area contributed by atoms with E-state index in [0.717, 1.165) is 0 Å². The number of carbonyl (C=O) groups is 2. The number of hydrogen-bond acceptors (Lipinski definition) is 8. The molecule has 0 saturated carbocycles. The van der Waals surface area contributed by atoms with Crippen LogP contribution in [0.3, 0.4) is 0 Å². The van der Waals surface area contributed by atoms with E-state index in [9.17, 15) is 14.7 Å². The summed E-state index contributed by atoms with van der Waals surface area (Å²) in [6.45, 7) is 3.91. The summed E-state index contributed by atoms with van der Waals surface area (Å²) in [7, 11) is 0. The van der Waals surface area contributed by atoms with E-state index in [0.29, 0.717) is 0 Å². The number of nitrogens with two attached hydrogens (primary N) is 1. The first-order valence-electron chi connectivity index (χ1n) is 6.71. The summed E-state index contributed by atoms with van der Waals surface area (Å²) in [5.74, 6) is -0.213. The molecule has 22 heavy (non-hydrogen) atoms. The van der Waals surface area contributed by atoms with Crippen molar-refractivity contribution in [3.8, 4) is 0 Å². The van der Waals surface area contributed by atoms with E-state index in [1.54, 1.807) is 6.92 Å². The van der Waals surface area contributed by atoms with Crippen LogP contribution in [0.15, 0.2) is 4.42 Å². The van der Waals surface area contributed by atoms with Crippen LogP contribution >= 0.6 is 0 Å². The van der Waals surface area contributed by atoms with Crippen molar-refractivity contribution in [3.63, 3.8) is 0 Å². The number of Topliss-reactive ketones (excluding diaryl/α,β-unsaturated/α-hetero) is 1. The molecule has 1 aromatic rings. The minimum atomic E-state index is -1.02. The number of hydrogen-bond donors (Lipinski definition) is 5. The van der Waals surface area contributed by atoms with Crippen LogP contribution in [0.1, 0.15) is 44.6 Å². The van der Waals surface area contributed by atoms with E-state index in [4.69, 9.17) is 15.3 Å². The lowest BCUT2D eigenvalue weighted by Gasteiger charge is -2.20. The fraction of sp³-hybridized carbons (Fsp3) is 0.667. The van der Waals surface area contributed by atoms with Gasteiger partial charge in [0.15, 0.2) is 5.78 Å². The third-order valence-electron chi connectivity index (χ3n) is 2.90. The van der Waals surface area contributed by atoms with E-state index in [1.165, 1.54) is 13.8 Å². The summed E-state index contributed by atoms with van der Waals surface area (Å²) in [4.78, 5) is 23.1. The molecule has 2 amide bonds. The fourth-order valence-corrected chi connectivity index (χ4v) is 1.65. The Hall–Kier alpha value is -2.04. The highest BCUT2D eigenvalue weighted by Gasteiger charge is 2.24. The summed E-state index contributed by atoms with van der Waals surface area (Å²) in [6, 6.07) is -3.11. The lowest BCUT2D eigenvalue weighted by atomic mass is 10.1. The largest absolute Gasteiger partial charge is 0.421 e. The normalized spacial score (nSPS) is 16.5. The topological polar surface area (TPSA) is 164 Å². The van der Waals surface area contributed by atoms with Crippen LogP contribution in [-0.4, -0.2) is 51.0 Å². The van der Waals surface area contributed by atoms with Crippen LogP contribution in [0, 0.1) is 0 Å². The molecule has 0 aliphatic carbocycles. The second kappa shape index (κ2) is 7.82. The number of aliphatic hydroxyl groups excluding tert-OH is 2. The maximum atomic E-state index is 11.8. The molecule has 0 aliphatic rings. The number of nitrogens with one attached hydrogen (secondary N) is 2. The summed E-state index contributed by atoms with van der Waals surface area (Å²) < 4.78 is 5.23. The maximum Gasteiger partial charge on any atom is 0.316 e. The number of amides is 2. The van der Waals surface area contributed by atoms with Gasteiger partial charge in [-0.15, -0.1) is 10.2 Å². The molecular weight excluding hydrogens is 294 g/mol. The van der Waals surface area contributed by atoms with Crippen molar-refractivity contribution in [1.29, 1.82) is 0 Å². The Morgan fingerprint density at radius 1 is 1.27 bits per heavy atom. The van der Waals surface area contributed by atoms with Gasteiger partial charge in [0, 0.05) is 0 Å². The highest BCUT2D eigenvalue weighted by Crippen LogP contribution is 2.14. The van der Waals surface area contributed by atoms with Gasteiger partial charge in [-0.1, -0.05) is 0 Å². The van der Waals surface area contributed by atoms with Gasteiger partial charge in [0.05, 0.1) is 12.7 Å².